The minimum atomic E-state index is 0.158. The van der Waals surface area contributed by atoms with E-state index in [4.69, 9.17) is 37.9 Å². The second-order valence-corrected chi connectivity index (χ2v) is 32.1. The molecule has 2 heterocycles. The van der Waals surface area contributed by atoms with E-state index < -0.39 is 0 Å². The standard InChI is InChI=1S/C67H71N3O7.C43H34N2O/c1-66(48-73-49-66)46-71-39-10-12-41-75-63-24-14-21-59(43-63)68(3)60-22-15-26-65(44-60)77-62-37-35-58(36-38-62)70(61-23-16-25-64(45-61)76-42-13-11-40-72-47-67(2)50-74-51-67)57-33-29-53(30-34-57)52-27-31-56(32-28-52)69(54-17-6-4-7-18-54)55-19-8-5-9-20-55;1-33-20-22-34(23-21-33)35-24-26-39(27-25-35)44(36-12-5-2-6-13-36)40-28-30-42(31-29-40)46-43-19-11-18-41(32-43)45(37-14-7-3-8-15-37)38-16-9-4-10-17-38/h4-9,14-38,43-45H,10-13,39-42,46-51H2,1-3H3;2-32H,1H3. The average Bonchev–Trinajstić information content (AvgIpc) is 0.826. The van der Waals surface area contributed by atoms with Crippen LogP contribution in [0.1, 0.15) is 45.1 Å². The average molecular weight is 1630 g/mol. The molecule has 2 aliphatic heterocycles. The molecule has 13 nitrogen and oxygen atoms in total. The molecule has 17 rings (SSSR count). The smallest absolute Gasteiger partial charge is 0.129 e. The summed E-state index contributed by atoms with van der Waals surface area (Å²) in [6, 6.07) is 137. The molecule has 0 unspecified atom stereocenters. The lowest BCUT2D eigenvalue weighted by atomic mass is 9.90. The molecule has 2 saturated heterocycles. The van der Waals surface area contributed by atoms with E-state index in [2.05, 4.69) is 362 Å². The first kappa shape index (κ1) is 83.0. The second-order valence-electron chi connectivity index (χ2n) is 32.1. The van der Waals surface area contributed by atoms with Crippen LogP contribution in [0.25, 0.3) is 22.3 Å². The molecule has 2 fully saturated rings. The Morgan fingerprint density at radius 3 is 0.805 bits per heavy atom. The van der Waals surface area contributed by atoms with Gasteiger partial charge in [0.05, 0.1) is 52.9 Å². The maximum Gasteiger partial charge on any atom is 0.129 e. The molecule has 2 aliphatic rings. The Hall–Kier alpha value is -13.7. The van der Waals surface area contributed by atoms with Crippen LogP contribution in [-0.4, -0.2) is 73.1 Å². The third-order valence-electron chi connectivity index (χ3n) is 22.0. The summed E-state index contributed by atoms with van der Waals surface area (Å²) in [5.41, 5.74) is 21.0. The summed E-state index contributed by atoms with van der Waals surface area (Å²) in [6.45, 7) is 13.8. The highest BCUT2D eigenvalue weighted by Gasteiger charge is 2.34. The molecule has 0 atom stereocenters. The van der Waals surface area contributed by atoms with E-state index in [1.165, 1.54) is 16.7 Å². The van der Waals surface area contributed by atoms with Crippen molar-refractivity contribution in [2.24, 2.45) is 10.8 Å². The zero-order valence-electron chi connectivity index (χ0n) is 70.4. The molecule has 0 amide bonds. The molecule has 0 aromatic heterocycles. The van der Waals surface area contributed by atoms with Crippen LogP contribution in [0.3, 0.4) is 0 Å². The van der Waals surface area contributed by atoms with Gasteiger partial charge in [0.1, 0.15) is 34.5 Å². The van der Waals surface area contributed by atoms with Gasteiger partial charge in [-0.1, -0.05) is 195 Å². The van der Waals surface area contributed by atoms with Gasteiger partial charge in [0, 0.05) is 135 Å². The summed E-state index contributed by atoms with van der Waals surface area (Å²) >= 11 is 0. The van der Waals surface area contributed by atoms with Gasteiger partial charge >= 0.3 is 0 Å². The van der Waals surface area contributed by atoms with Gasteiger partial charge in [-0.05, 0) is 249 Å². The topological polar surface area (TPSA) is 90.0 Å². The lowest BCUT2D eigenvalue weighted by molar-refractivity contribution is -0.138. The molecular weight excluding hydrogens is 1520 g/mol. The Bertz CT molecular complexity index is 5690. The lowest BCUT2D eigenvalue weighted by Gasteiger charge is -2.37. The predicted octanol–water partition coefficient (Wildman–Crippen LogP) is 28.7. The molecule has 15 aromatic rings. The van der Waals surface area contributed by atoms with Crippen molar-refractivity contribution >= 4 is 79.6 Å². The quantitative estimate of drug-likeness (QED) is 0.0350. The van der Waals surface area contributed by atoms with Gasteiger partial charge in [-0.15, -0.1) is 0 Å². The molecule has 0 saturated carbocycles. The summed E-state index contributed by atoms with van der Waals surface area (Å²) in [6.07, 6.45) is 3.72. The zero-order valence-corrected chi connectivity index (χ0v) is 70.4. The van der Waals surface area contributed by atoms with E-state index >= 15 is 0 Å². The summed E-state index contributed by atoms with van der Waals surface area (Å²) < 4.78 is 48.0. The van der Waals surface area contributed by atoms with Crippen LogP contribution in [0.4, 0.5) is 79.6 Å². The van der Waals surface area contributed by atoms with Crippen LogP contribution in [-0.2, 0) is 18.9 Å². The normalized spacial score (nSPS) is 12.9. The van der Waals surface area contributed by atoms with Gasteiger partial charge in [0.15, 0.2) is 0 Å². The Morgan fingerprint density at radius 1 is 0.244 bits per heavy atom. The highest BCUT2D eigenvalue weighted by atomic mass is 16.5. The summed E-state index contributed by atoms with van der Waals surface area (Å²) in [4.78, 5) is 11.2. The number of unbranched alkanes of at least 4 members (excludes halogenated alkanes) is 2. The number of aryl methyl sites for hydroxylation is 1. The summed E-state index contributed by atoms with van der Waals surface area (Å²) in [5.74, 6) is 4.67. The molecule has 0 N–H and O–H groups in total. The third kappa shape index (κ3) is 21.9. The number of ether oxygens (including phenoxy) is 8. The molecule has 0 spiro atoms. The van der Waals surface area contributed by atoms with Crippen LogP contribution in [0.5, 0.6) is 34.5 Å². The zero-order chi connectivity index (χ0) is 83.8. The molecule has 0 aliphatic carbocycles. The van der Waals surface area contributed by atoms with Gasteiger partial charge in [0.25, 0.3) is 0 Å². The third-order valence-corrected chi connectivity index (χ3v) is 22.0. The van der Waals surface area contributed by atoms with Gasteiger partial charge in [-0.25, -0.2) is 0 Å². The molecular formula is C110H105N5O8. The van der Waals surface area contributed by atoms with E-state index in [0.29, 0.717) is 19.8 Å². The first-order valence-electron chi connectivity index (χ1n) is 42.6. The molecule has 123 heavy (non-hydrogen) atoms. The Morgan fingerprint density at radius 2 is 0.488 bits per heavy atom. The van der Waals surface area contributed by atoms with Crippen LogP contribution in [0.15, 0.2) is 394 Å². The van der Waals surface area contributed by atoms with E-state index in [-0.39, 0.29) is 10.8 Å². The van der Waals surface area contributed by atoms with Crippen molar-refractivity contribution < 1.29 is 37.9 Å². The van der Waals surface area contributed by atoms with Crippen molar-refractivity contribution in [1.29, 1.82) is 0 Å². The maximum atomic E-state index is 6.53. The highest BCUT2D eigenvalue weighted by Crippen LogP contribution is 2.44. The van der Waals surface area contributed by atoms with Gasteiger partial charge in [-0.2, -0.15) is 0 Å². The molecule has 0 radical (unpaired) electrons. The van der Waals surface area contributed by atoms with Gasteiger partial charge in [0.2, 0.25) is 0 Å². The number of rotatable bonds is 36. The van der Waals surface area contributed by atoms with Crippen molar-refractivity contribution in [2.75, 3.05) is 97.6 Å². The number of hydrogen-bond acceptors (Lipinski definition) is 13. The van der Waals surface area contributed by atoms with E-state index in [9.17, 15) is 0 Å². The fourth-order valence-electron chi connectivity index (χ4n) is 15.2. The van der Waals surface area contributed by atoms with Crippen molar-refractivity contribution in [3.05, 3.63) is 400 Å². The Balaban J connectivity index is 0.000000207. The minimum Gasteiger partial charge on any atom is -0.494 e. The predicted molar refractivity (Wildman–Crippen MR) is 504 cm³/mol. The van der Waals surface area contributed by atoms with E-state index in [1.807, 2.05) is 84.9 Å². The number of hydrogen-bond donors (Lipinski definition) is 0. The molecule has 13 heteroatoms. The molecule has 618 valence electrons. The number of para-hydroxylation sites is 5. The van der Waals surface area contributed by atoms with E-state index in [1.54, 1.807) is 0 Å². The second kappa shape index (κ2) is 40.6. The Labute approximate surface area is 724 Å². The van der Waals surface area contributed by atoms with Crippen molar-refractivity contribution in [3.63, 3.8) is 0 Å². The maximum absolute atomic E-state index is 6.53. The van der Waals surface area contributed by atoms with Crippen molar-refractivity contribution in [3.8, 4) is 56.8 Å². The minimum absolute atomic E-state index is 0.158. The number of anilines is 14. The van der Waals surface area contributed by atoms with Crippen LogP contribution in [0, 0.1) is 17.8 Å². The first-order chi connectivity index (χ1) is 60.5. The summed E-state index contributed by atoms with van der Waals surface area (Å²) in [5, 5.41) is 0. The van der Waals surface area contributed by atoms with Crippen LogP contribution < -0.4 is 43.4 Å². The van der Waals surface area contributed by atoms with Crippen molar-refractivity contribution in [1.82, 2.24) is 0 Å². The first-order valence-corrected chi connectivity index (χ1v) is 42.6. The van der Waals surface area contributed by atoms with Crippen LogP contribution in [0.2, 0.25) is 0 Å². The van der Waals surface area contributed by atoms with Gasteiger partial charge in [-0.3, -0.25) is 0 Å². The van der Waals surface area contributed by atoms with Gasteiger partial charge < -0.3 is 62.4 Å². The monoisotopic (exact) mass is 1620 g/mol. The SMILES string of the molecule is CN(c1cccc(OCCCCOCC2(C)COC2)c1)c1cccc(Oc2ccc(N(c3ccc(-c4ccc(N(c5ccccc5)c5ccccc5)cc4)cc3)c3cccc(OCCCCOCC4(C)COC4)c3)cc2)c1.Cc1ccc(-c2ccc(N(c3ccccc3)c3ccc(Oc4cccc(N(c5ccccc5)c5ccccc5)c4)cc3)cc2)cc1. The number of nitrogens with zero attached hydrogens (tertiary/aromatic N) is 5. The van der Waals surface area contributed by atoms with E-state index in [0.717, 1.165) is 197 Å². The lowest BCUT2D eigenvalue weighted by Crippen LogP contribution is -2.43. The van der Waals surface area contributed by atoms with Crippen molar-refractivity contribution in [2.45, 2.75) is 46.5 Å². The van der Waals surface area contributed by atoms with Crippen LogP contribution >= 0.6 is 0 Å². The molecule has 15 aromatic carbocycles. The summed E-state index contributed by atoms with van der Waals surface area (Å²) in [7, 11) is 2.06. The number of benzene rings is 15. The highest BCUT2D eigenvalue weighted by molar-refractivity contribution is 5.83. The fraction of sp³-hybridized carbons (Fsp3) is 0.182. The Kier molecular flexibility index (Phi) is 27.4. The largest absolute Gasteiger partial charge is 0.494 e. The molecule has 0 bridgehead atoms. The fourth-order valence-corrected chi connectivity index (χ4v) is 15.2.